The Labute approximate surface area is 285 Å². The molecule has 0 bridgehead atoms. The van der Waals surface area contributed by atoms with Gasteiger partial charge in [-0.25, -0.2) is 0 Å². The number of Topliss-reactive ketones (excluding diaryl/α,β-unsaturated/α-hetero) is 4. The first-order chi connectivity index (χ1) is 21.9. The maximum Gasteiger partial charge on any atom is 0.229 e. The molecule has 2 aromatic carbocycles. The Morgan fingerprint density at radius 3 is 0.604 bits per heavy atom. The van der Waals surface area contributed by atoms with Crippen molar-refractivity contribution in [2.45, 2.75) is 111 Å². The Balaban J connectivity index is 0.000000320. The summed E-state index contributed by atoms with van der Waals surface area (Å²) in [6, 6.07) is 0. The van der Waals surface area contributed by atoms with Crippen molar-refractivity contribution < 1.29 is 39.6 Å². The number of allylic oxidation sites excluding steroid dienone is 8. The van der Waals surface area contributed by atoms with Crippen molar-refractivity contribution in [3.63, 3.8) is 0 Å². The highest BCUT2D eigenvalue weighted by atomic mass is 16.3. The first-order valence-corrected chi connectivity index (χ1v) is 15.7. The quantitative estimate of drug-likeness (QED) is 0.0725. The van der Waals surface area contributed by atoms with Crippen LogP contribution in [0.1, 0.15) is 99.9 Å². The van der Waals surface area contributed by atoms with E-state index in [2.05, 4.69) is 0 Å². The van der Waals surface area contributed by atoms with Crippen LogP contribution in [0.3, 0.4) is 0 Å². The van der Waals surface area contributed by atoms with Gasteiger partial charge in [0.05, 0.1) is 0 Å². The molecule has 0 heterocycles. The minimum Gasteiger partial charge on any atom is -0.507 e. The summed E-state index contributed by atoms with van der Waals surface area (Å²) in [5, 5.41) is 38.0. The second-order valence-corrected chi connectivity index (χ2v) is 12.7. The zero-order valence-electron chi connectivity index (χ0n) is 31.4. The van der Waals surface area contributed by atoms with Crippen LogP contribution < -0.4 is 0 Å². The van der Waals surface area contributed by atoms with Gasteiger partial charge in [0.1, 0.15) is 11.5 Å². The monoisotopic (exact) mass is 660 g/mol. The van der Waals surface area contributed by atoms with Gasteiger partial charge in [0.2, 0.25) is 11.6 Å². The summed E-state index contributed by atoms with van der Waals surface area (Å²) in [5.41, 5.74) is 12.0. The largest absolute Gasteiger partial charge is 0.507 e. The van der Waals surface area contributed by atoms with Crippen LogP contribution in [0.4, 0.5) is 0 Å². The third kappa shape index (κ3) is 8.04. The molecule has 0 amide bonds. The number of carbonyl (C=O) groups is 4. The van der Waals surface area contributed by atoms with Crippen LogP contribution in [-0.4, -0.2) is 43.6 Å². The van der Waals surface area contributed by atoms with Gasteiger partial charge in [-0.2, -0.15) is 0 Å². The standard InChI is InChI=1S/C10H14O2.C10H12O2.C10H14O2.C10H12O2/c2*1-5-6(2)10(12)8(4)7(3)9(5)11;2*1-5-6(2)8(4)10(12)9(11)7(5)3/h11-12H,1-4H3;1-4H3;11-12H,1-4H3;1-4H3. The summed E-state index contributed by atoms with van der Waals surface area (Å²) < 4.78 is 0. The molecule has 8 heteroatoms. The highest BCUT2D eigenvalue weighted by Gasteiger charge is 2.26. The molecule has 0 fully saturated rings. The summed E-state index contributed by atoms with van der Waals surface area (Å²) in [6.07, 6.45) is 0. The summed E-state index contributed by atoms with van der Waals surface area (Å²) in [5.74, 6) is -0.0859. The number of hydrogen-bond acceptors (Lipinski definition) is 8. The average Bonchev–Trinajstić information content (AvgIpc) is 3.08. The lowest BCUT2D eigenvalue weighted by Crippen LogP contribution is -2.22. The van der Waals surface area contributed by atoms with Crippen molar-refractivity contribution in [1.82, 2.24) is 0 Å². The summed E-state index contributed by atoms with van der Waals surface area (Å²) in [7, 11) is 0. The number of hydrogen-bond donors (Lipinski definition) is 4. The average molecular weight is 661 g/mol. The molecule has 48 heavy (non-hydrogen) atoms. The second kappa shape index (κ2) is 15.9. The fourth-order valence-corrected chi connectivity index (χ4v) is 5.03. The third-order valence-electron chi connectivity index (χ3n) is 10.2. The molecule has 4 rings (SSSR count). The van der Waals surface area contributed by atoms with Gasteiger partial charge in [0.25, 0.3) is 0 Å². The zero-order chi connectivity index (χ0) is 37.9. The van der Waals surface area contributed by atoms with Gasteiger partial charge in [-0.15, -0.1) is 0 Å². The lowest BCUT2D eigenvalue weighted by Gasteiger charge is -2.15. The summed E-state index contributed by atoms with van der Waals surface area (Å²) in [6.45, 7) is 28.6. The lowest BCUT2D eigenvalue weighted by molar-refractivity contribution is -0.132. The van der Waals surface area contributed by atoms with E-state index >= 15 is 0 Å². The second-order valence-electron chi connectivity index (χ2n) is 12.7. The van der Waals surface area contributed by atoms with Crippen LogP contribution >= 0.6 is 0 Å². The fraction of sp³-hybridized carbons (Fsp3) is 0.400. The van der Waals surface area contributed by atoms with Gasteiger partial charge in [-0.1, -0.05) is 0 Å². The molecule has 0 aromatic heterocycles. The molecule has 8 nitrogen and oxygen atoms in total. The van der Waals surface area contributed by atoms with Crippen molar-refractivity contribution in [1.29, 1.82) is 0 Å². The van der Waals surface area contributed by atoms with Crippen molar-refractivity contribution in [3.8, 4) is 23.0 Å². The predicted octanol–water partition coefficient (Wildman–Crippen LogP) is 8.28. The normalized spacial score (nSPS) is 14.8. The summed E-state index contributed by atoms with van der Waals surface area (Å²) in [4.78, 5) is 45.3. The van der Waals surface area contributed by atoms with E-state index in [4.69, 9.17) is 0 Å². The van der Waals surface area contributed by atoms with E-state index in [1.165, 1.54) is 0 Å². The Morgan fingerprint density at radius 2 is 0.396 bits per heavy atom. The fourth-order valence-electron chi connectivity index (χ4n) is 5.03. The molecule has 0 spiro atoms. The van der Waals surface area contributed by atoms with E-state index in [1.54, 1.807) is 83.1 Å². The highest BCUT2D eigenvalue weighted by molar-refractivity contribution is 6.50. The molecule has 0 aliphatic heterocycles. The van der Waals surface area contributed by atoms with Gasteiger partial charge >= 0.3 is 0 Å². The first kappa shape index (κ1) is 41.3. The molecule has 0 saturated heterocycles. The van der Waals surface area contributed by atoms with Gasteiger partial charge < -0.3 is 20.4 Å². The van der Waals surface area contributed by atoms with Crippen LogP contribution in [0.15, 0.2) is 44.6 Å². The summed E-state index contributed by atoms with van der Waals surface area (Å²) >= 11 is 0. The molecule has 260 valence electrons. The maximum atomic E-state index is 11.4. The van der Waals surface area contributed by atoms with Crippen LogP contribution in [0, 0.1) is 55.4 Å². The number of phenolic OH excluding ortho intramolecular Hbond substituents is 4. The smallest absolute Gasteiger partial charge is 0.229 e. The lowest BCUT2D eigenvalue weighted by atomic mass is 9.87. The SMILES string of the molecule is CC1=C(C)C(=O)C(C)=C(C)C1=O.CC1=C(C)C(C)=C(C)C(=O)C1=O.Cc1c(C)c(C)c(O)c(O)c1C.Cc1c(C)c(O)c(C)c(C)c1O. The Kier molecular flexibility index (Phi) is 13.7. The Morgan fingerprint density at radius 1 is 0.229 bits per heavy atom. The topological polar surface area (TPSA) is 149 Å². The van der Waals surface area contributed by atoms with E-state index in [0.717, 1.165) is 55.7 Å². The molecule has 2 aliphatic rings. The number of benzene rings is 2. The third-order valence-corrected chi connectivity index (χ3v) is 10.2. The molecular formula is C40H52O8. The maximum absolute atomic E-state index is 11.4. The molecule has 0 unspecified atom stereocenters. The zero-order valence-corrected chi connectivity index (χ0v) is 31.4. The molecule has 0 radical (unpaired) electrons. The molecule has 0 saturated carbocycles. The molecular weight excluding hydrogens is 608 g/mol. The van der Waals surface area contributed by atoms with Gasteiger partial charge in [0, 0.05) is 33.4 Å². The number of carbonyl (C=O) groups excluding carboxylic acids is 4. The van der Waals surface area contributed by atoms with E-state index in [1.807, 2.05) is 27.7 Å². The van der Waals surface area contributed by atoms with Crippen LogP contribution in [-0.2, 0) is 19.2 Å². The van der Waals surface area contributed by atoms with Crippen molar-refractivity contribution in [2.24, 2.45) is 0 Å². The van der Waals surface area contributed by atoms with Crippen molar-refractivity contribution in [3.05, 3.63) is 89.1 Å². The number of ketones is 4. The molecule has 2 aliphatic carbocycles. The predicted molar refractivity (Wildman–Crippen MR) is 191 cm³/mol. The number of aromatic hydroxyl groups is 4. The highest BCUT2D eigenvalue weighted by Crippen LogP contribution is 2.37. The molecule has 0 atom stereocenters. The minimum atomic E-state index is -0.351. The van der Waals surface area contributed by atoms with E-state index in [0.29, 0.717) is 44.9 Å². The van der Waals surface area contributed by atoms with Crippen molar-refractivity contribution in [2.75, 3.05) is 0 Å². The Bertz CT molecular complexity index is 1470. The first-order valence-electron chi connectivity index (χ1n) is 15.7. The molecule has 2 aromatic rings. The van der Waals surface area contributed by atoms with E-state index < -0.39 is 0 Å². The number of rotatable bonds is 0. The van der Waals surface area contributed by atoms with Gasteiger partial charge in [0.15, 0.2) is 23.1 Å². The van der Waals surface area contributed by atoms with E-state index in [-0.39, 0.29) is 34.6 Å². The number of phenols is 4. The Hall–Kier alpha value is -4.72. The van der Waals surface area contributed by atoms with Gasteiger partial charge in [-0.05, 0) is 166 Å². The van der Waals surface area contributed by atoms with Crippen LogP contribution in [0.2, 0.25) is 0 Å². The van der Waals surface area contributed by atoms with Gasteiger partial charge in [-0.3, -0.25) is 19.2 Å². The minimum absolute atomic E-state index is 0.00426. The van der Waals surface area contributed by atoms with E-state index in [9.17, 15) is 39.6 Å². The molecule has 4 N–H and O–H groups in total. The van der Waals surface area contributed by atoms with Crippen LogP contribution in [0.5, 0.6) is 23.0 Å². The van der Waals surface area contributed by atoms with Crippen LogP contribution in [0.25, 0.3) is 0 Å². The van der Waals surface area contributed by atoms with Crippen molar-refractivity contribution >= 4 is 23.1 Å².